The average molecular weight is 249 g/mol. The van der Waals surface area contributed by atoms with Crippen LogP contribution in [-0.4, -0.2) is 29.5 Å². The average Bonchev–Trinajstić information content (AvgIpc) is 2.41. The Balaban J connectivity index is 1.80. The smallest absolute Gasteiger partial charge is 0.268 e. The lowest BCUT2D eigenvalue weighted by molar-refractivity contribution is 0.0596. The number of anilines is 1. The summed E-state index contributed by atoms with van der Waals surface area (Å²) < 4.78 is 6.98. The van der Waals surface area contributed by atoms with E-state index < -0.39 is 0 Å². The summed E-state index contributed by atoms with van der Waals surface area (Å²) in [7, 11) is 0. The summed E-state index contributed by atoms with van der Waals surface area (Å²) in [5, 5.41) is 7.75. The molecular formula is C13H19N3O2. The Morgan fingerprint density at radius 2 is 2.28 bits per heavy atom. The van der Waals surface area contributed by atoms with Crippen molar-refractivity contribution in [1.82, 2.24) is 9.78 Å². The van der Waals surface area contributed by atoms with Crippen LogP contribution in [0, 0.1) is 5.92 Å². The molecule has 1 aromatic rings. The summed E-state index contributed by atoms with van der Waals surface area (Å²) in [4.78, 5) is 12.0. The highest BCUT2D eigenvalue weighted by molar-refractivity contribution is 5.48. The van der Waals surface area contributed by atoms with E-state index in [0.29, 0.717) is 5.92 Å². The highest BCUT2D eigenvalue weighted by atomic mass is 16.5. The van der Waals surface area contributed by atoms with Gasteiger partial charge in [0, 0.05) is 32.4 Å². The number of aryl methyl sites for hydroxylation is 1. The van der Waals surface area contributed by atoms with E-state index in [4.69, 9.17) is 4.74 Å². The van der Waals surface area contributed by atoms with Gasteiger partial charge in [-0.1, -0.05) is 0 Å². The number of nitrogens with zero attached hydrogens (tertiary/aromatic N) is 2. The maximum Gasteiger partial charge on any atom is 0.268 e. The molecule has 1 N–H and O–H groups in total. The van der Waals surface area contributed by atoms with Crippen molar-refractivity contribution < 1.29 is 4.74 Å². The van der Waals surface area contributed by atoms with Crippen LogP contribution in [0.3, 0.4) is 0 Å². The second-order valence-corrected chi connectivity index (χ2v) is 5.11. The van der Waals surface area contributed by atoms with Gasteiger partial charge in [0.1, 0.15) is 0 Å². The largest absolute Gasteiger partial charge is 0.383 e. The molecule has 0 aromatic carbocycles. The van der Waals surface area contributed by atoms with Crippen LogP contribution in [0.4, 0.5) is 5.69 Å². The summed E-state index contributed by atoms with van der Waals surface area (Å²) in [6.45, 7) is 3.30. The van der Waals surface area contributed by atoms with Gasteiger partial charge in [0.25, 0.3) is 5.56 Å². The second-order valence-electron chi connectivity index (χ2n) is 5.11. The monoisotopic (exact) mass is 249 g/mol. The second kappa shape index (κ2) is 5.10. The molecule has 0 radical (unpaired) electrons. The van der Waals surface area contributed by atoms with Gasteiger partial charge in [-0.2, -0.15) is 5.10 Å². The van der Waals surface area contributed by atoms with Gasteiger partial charge in [0.2, 0.25) is 0 Å². The number of aromatic nitrogens is 2. The molecule has 0 spiro atoms. The molecule has 0 atom stereocenters. The fraction of sp³-hybridized carbons (Fsp3) is 0.692. The predicted octanol–water partition coefficient (Wildman–Crippen LogP) is 1.03. The van der Waals surface area contributed by atoms with Gasteiger partial charge in [-0.15, -0.1) is 0 Å². The molecule has 0 amide bonds. The van der Waals surface area contributed by atoms with Crippen LogP contribution < -0.4 is 10.9 Å². The standard InChI is InChI=1S/C13H19N3O2/c17-13-8-12-11(2-1-5-14-12)15-16(13)9-10-3-6-18-7-4-10/h8,10,14H,1-7,9H2. The van der Waals surface area contributed by atoms with Crippen molar-refractivity contribution in [1.29, 1.82) is 0 Å². The normalized spacial score (nSPS) is 20.2. The maximum atomic E-state index is 12.0. The molecule has 5 heteroatoms. The fourth-order valence-corrected chi connectivity index (χ4v) is 2.65. The predicted molar refractivity (Wildman–Crippen MR) is 68.9 cm³/mol. The highest BCUT2D eigenvalue weighted by Gasteiger charge is 2.17. The van der Waals surface area contributed by atoms with E-state index in [-0.39, 0.29) is 5.56 Å². The molecule has 1 saturated heterocycles. The molecule has 18 heavy (non-hydrogen) atoms. The Labute approximate surface area is 106 Å². The van der Waals surface area contributed by atoms with Crippen molar-refractivity contribution in [2.75, 3.05) is 25.1 Å². The first kappa shape index (κ1) is 11.7. The van der Waals surface area contributed by atoms with Crippen molar-refractivity contribution in [2.45, 2.75) is 32.2 Å². The van der Waals surface area contributed by atoms with Gasteiger partial charge in [-0.3, -0.25) is 4.79 Å². The molecule has 0 aliphatic carbocycles. The van der Waals surface area contributed by atoms with Crippen LogP contribution in [0.5, 0.6) is 0 Å². The van der Waals surface area contributed by atoms with Crippen LogP contribution in [0.2, 0.25) is 0 Å². The van der Waals surface area contributed by atoms with Gasteiger partial charge in [0.15, 0.2) is 0 Å². The number of hydrogen-bond donors (Lipinski definition) is 1. The van der Waals surface area contributed by atoms with E-state index in [1.165, 1.54) is 0 Å². The van der Waals surface area contributed by atoms with Crippen molar-refractivity contribution in [3.05, 3.63) is 22.1 Å². The van der Waals surface area contributed by atoms with E-state index in [1.807, 2.05) is 0 Å². The first-order valence-corrected chi connectivity index (χ1v) is 6.75. The first-order chi connectivity index (χ1) is 8.83. The Kier molecular flexibility index (Phi) is 3.32. The minimum absolute atomic E-state index is 0.00893. The molecule has 3 rings (SSSR count). The third-order valence-corrected chi connectivity index (χ3v) is 3.75. The van der Waals surface area contributed by atoms with Crippen LogP contribution >= 0.6 is 0 Å². The molecule has 1 fully saturated rings. The zero-order valence-corrected chi connectivity index (χ0v) is 10.5. The van der Waals surface area contributed by atoms with E-state index in [2.05, 4.69) is 10.4 Å². The number of hydrogen-bond acceptors (Lipinski definition) is 4. The lowest BCUT2D eigenvalue weighted by Crippen LogP contribution is -2.31. The number of rotatable bonds is 2. The topological polar surface area (TPSA) is 56.2 Å². The molecule has 5 nitrogen and oxygen atoms in total. The summed E-state index contributed by atoms with van der Waals surface area (Å²) in [5.74, 6) is 0.526. The maximum absolute atomic E-state index is 12.0. The van der Waals surface area contributed by atoms with Crippen molar-refractivity contribution >= 4 is 5.69 Å². The molecule has 0 saturated carbocycles. The van der Waals surface area contributed by atoms with E-state index in [9.17, 15) is 4.79 Å². The van der Waals surface area contributed by atoms with E-state index >= 15 is 0 Å². The number of nitrogens with one attached hydrogen (secondary N) is 1. The molecular weight excluding hydrogens is 230 g/mol. The van der Waals surface area contributed by atoms with E-state index in [1.54, 1.807) is 10.7 Å². The van der Waals surface area contributed by atoms with Crippen LogP contribution in [0.25, 0.3) is 0 Å². The molecule has 0 bridgehead atoms. The fourth-order valence-electron chi connectivity index (χ4n) is 2.65. The minimum atomic E-state index is 0.00893. The molecule has 0 unspecified atom stereocenters. The zero-order valence-electron chi connectivity index (χ0n) is 10.5. The zero-order chi connectivity index (χ0) is 12.4. The highest BCUT2D eigenvalue weighted by Crippen LogP contribution is 2.19. The van der Waals surface area contributed by atoms with Gasteiger partial charge >= 0.3 is 0 Å². The third-order valence-electron chi connectivity index (χ3n) is 3.75. The van der Waals surface area contributed by atoms with E-state index in [0.717, 1.165) is 63.4 Å². The van der Waals surface area contributed by atoms with Crippen LogP contribution in [0.1, 0.15) is 25.0 Å². The number of fused-ring (bicyclic) bond motifs is 1. The van der Waals surface area contributed by atoms with Gasteiger partial charge in [-0.05, 0) is 31.6 Å². The first-order valence-electron chi connectivity index (χ1n) is 6.75. The Morgan fingerprint density at radius 3 is 3.11 bits per heavy atom. The van der Waals surface area contributed by atoms with Gasteiger partial charge < -0.3 is 10.1 Å². The lowest BCUT2D eigenvalue weighted by Gasteiger charge is -2.23. The molecule has 1 aromatic heterocycles. The van der Waals surface area contributed by atoms with Crippen molar-refractivity contribution in [3.8, 4) is 0 Å². The Morgan fingerprint density at radius 1 is 1.44 bits per heavy atom. The van der Waals surface area contributed by atoms with Crippen molar-refractivity contribution in [3.63, 3.8) is 0 Å². The molecule has 2 aliphatic rings. The summed E-state index contributed by atoms with van der Waals surface area (Å²) in [6, 6.07) is 1.70. The molecule has 2 aliphatic heterocycles. The Bertz CT molecular complexity index is 478. The summed E-state index contributed by atoms with van der Waals surface area (Å²) in [6.07, 6.45) is 4.12. The van der Waals surface area contributed by atoms with Crippen molar-refractivity contribution in [2.24, 2.45) is 5.92 Å². The lowest BCUT2D eigenvalue weighted by atomic mass is 10.0. The quantitative estimate of drug-likeness (QED) is 0.850. The molecule has 3 heterocycles. The SMILES string of the molecule is O=c1cc2c(nn1CC1CCOCC1)CCCN2. The third kappa shape index (κ3) is 2.41. The van der Waals surface area contributed by atoms with Crippen LogP contribution in [-0.2, 0) is 17.7 Å². The Hall–Kier alpha value is -1.36. The summed E-state index contributed by atoms with van der Waals surface area (Å²) in [5.41, 5.74) is 1.97. The molecule has 98 valence electrons. The number of ether oxygens (including phenoxy) is 1. The summed E-state index contributed by atoms with van der Waals surface area (Å²) >= 11 is 0. The van der Waals surface area contributed by atoms with Gasteiger partial charge in [-0.25, -0.2) is 4.68 Å². The minimum Gasteiger partial charge on any atom is -0.383 e. The van der Waals surface area contributed by atoms with Crippen LogP contribution in [0.15, 0.2) is 10.9 Å². The van der Waals surface area contributed by atoms with Gasteiger partial charge in [0.05, 0.1) is 11.4 Å².